The van der Waals surface area contributed by atoms with Gasteiger partial charge in [0.15, 0.2) is 0 Å². The molecule has 1 aromatic carbocycles. The van der Waals surface area contributed by atoms with Gasteiger partial charge < -0.3 is 15.7 Å². The predicted molar refractivity (Wildman–Crippen MR) is 60.2 cm³/mol. The van der Waals surface area contributed by atoms with Crippen LogP contribution in [0.4, 0.5) is 18.9 Å². The predicted octanol–water partition coefficient (Wildman–Crippen LogP) is 1.82. The Hall–Kier alpha value is -1.76. The van der Waals surface area contributed by atoms with Gasteiger partial charge in [-0.25, -0.2) is 0 Å². The van der Waals surface area contributed by atoms with Crippen molar-refractivity contribution in [3.8, 4) is 0 Å². The largest absolute Gasteiger partial charge is 0.416 e. The fourth-order valence-electron chi connectivity index (χ4n) is 1.42. The molecular weight excluding hydrogens is 249 g/mol. The van der Waals surface area contributed by atoms with Crippen molar-refractivity contribution >= 4 is 11.6 Å². The zero-order valence-corrected chi connectivity index (χ0v) is 9.64. The lowest BCUT2D eigenvalue weighted by Gasteiger charge is -2.13. The number of carbonyl (C=O) groups is 1. The number of rotatable bonds is 4. The van der Waals surface area contributed by atoms with Gasteiger partial charge >= 0.3 is 6.18 Å². The summed E-state index contributed by atoms with van der Waals surface area (Å²) in [6.07, 6.45) is -4.51. The second-order valence-corrected chi connectivity index (χ2v) is 3.45. The molecule has 0 bridgehead atoms. The number of aliphatic hydroxyl groups is 1. The van der Waals surface area contributed by atoms with Gasteiger partial charge in [-0.2, -0.15) is 13.2 Å². The van der Waals surface area contributed by atoms with E-state index < -0.39 is 24.4 Å². The topological polar surface area (TPSA) is 61.4 Å². The first-order valence-corrected chi connectivity index (χ1v) is 5.24. The van der Waals surface area contributed by atoms with E-state index in [0.29, 0.717) is 6.54 Å². The van der Waals surface area contributed by atoms with Crippen LogP contribution in [0.25, 0.3) is 0 Å². The third-order valence-corrected chi connectivity index (χ3v) is 2.20. The Labute approximate surface area is 102 Å². The second-order valence-electron chi connectivity index (χ2n) is 3.45. The van der Waals surface area contributed by atoms with Crippen LogP contribution in [0.2, 0.25) is 0 Å². The molecule has 100 valence electrons. The molecule has 0 radical (unpaired) electrons. The highest BCUT2D eigenvalue weighted by atomic mass is 19.4. The minimum atomic E-state index is -4.51. The standard InChI is InChI=1S/C11H13F3N2O2/c1-2-15-9-4-3-7(11(12,13)14)5-8(9)10(18)16-6-17/h3-5,15,17H,2,6H2,1H3,(H,16,18). The number of amides is 1. The first-order valence-electron chi connectivity index (χ1n) is 5.24. The Bertz CT molecular complexity index is 433. The van der Waals surface area contributed by atoms with Crippen molar-refractivity contribution in [2.24, 2.45) is 0 Å². The lowest BCUT2D eigenvalue weighted by atomic mass is 10.1. The molecule has 1 aromatic rings. The van der Waals surface area contributed by atoms with Crippen molar-refractivity contribution in [1.29, 1.82) is 0 Å². The monoisotopic (exact) mass is 262 g/mol. The van der Waals surface area contributed by atoms with E-state index in [0.717, 1.165) is 12.1 Å². The van der Waals surface area contributed by atoms with Crippen LogP contribution in [-0.2, 0) is 6.18 Å². The van der Waals surface area contributed by atoms with Crippen LogP contribution in [0.15, 0.2) is 18.2 Å². The summed E-state index contributed by atoms with van der Waals surface area (Å²) in [5.41, 5.74) is -0.774. The highest BCUT2D eigenvalue weighted by Crippen LogP contribution is 2.31. The van der Waals surface area contributed by atoms with E-state index in [-0.39, 0.29) is 11.3 Å². The minimum Gasteiger partial charge on any atom is -0.385 e. The molecule has 0 saturated heterocycles. The van der Waals surface area contributed by atoms with Crippen molar-refractivity contribution in [3.05, 3.63) is 29.3 Å². The summed E-state index contributed by atoms with van der Waals surface area (Å²) in [6.45, 7) is 1.58. The van der Waals surface area contributed by atoms with Crippen LogP contribution in [0.5, 0.6) is 0 Å². The molecule has 18 heavy (non-hydrogen) atoms. The number of halogens is 3. The van der Waals surface area contributed by atoms with Crippen LogP contribution in [-0.4, -0.2) is 24.3 Å². The van der Waals surface area contributed by atoms with Crippen LogP contribution in [0, 0.1) is 0 Å². The lowest BCUT2D eigenvalue weighted by molar-refractivity contribution is -0.137. The average molecular weight is 262 g/mol. The summed E-state index contributed by atoms with van der Waals surface area (Å²) in [6, 6.07) is 2.84. The van der Waals surface area contributed by atoms with E-state index in [9.17, 15) is 18.0 Å². The zero-order valence-electron chi connectivity index (χ0n) is 9.64. The van der Waals surface area contributed by atoms with Crippen molar-refractivity contribution in [3.63, 3.8) is 0 Å². The number of hydrogen-bond acceptors (Lipinski definition) is 3. The van der Waals surface area contributed by atoms with Gasteiger partial charge in [0.05, 0.1) is 11.1 Å². The number of anilines is 1. The summed E-state index contributed by atoms with van der Waals surface area (Å²) in [4.78, 5) is 11.5. The number of hydrogen-bond donors (Lipinski definition) is 3. The minimum absolute atomic E-state index is 0.152. The molecule has 1 rings (SSSR count). The summed E-state index contributed by atoms with van der Waals surface area (Å²) in [7, 11) is 0. The second kappa shape index (κ2) is 5.72. The Kier molecular flexibility index (Phi) is 4.55. The van der Waals surface area contributed by atoms with Crippen molar-refractivity contribution < 1.29 is 23.1 Å². The Morgan fingerprint density at radius 1 is 1.39 bits per heavy atom. The van der Waals surface area contributed by atoms with Gasteiger partial charge in [0.1, 0.15) is 6.73 Å². The van der Waals surface area contributed by atoms with E-state index in [4.69, 9.17) is 5.11 Å². The van der Waals surface area contributed by atoms with E-state index in [1.54, 1.807) is 6.92 Å². The molecule has 0 aliphatic carbocycles. The quantitative estimate of drug-likeness (QED) is 0.725. The SMILES string of the molecule is CCNc1ccc(C(F)(F)F)cc1C(=O)NCO. The normalized spacial score (nSPS) is 11.2. The lowest BCUT2D eigenvalue weighted by Crippen LogP contribution is -2.25. The fraction of sp³-hybridized carbons (Fsp3) is 0.364. The van der Waals surface area contributed by atoms with Crippen molar-refractivity contribution in [2.45, 2.75) is 13.1 Å². The Morgan fingerprint density at radius 3 is 2.56 bits per heavy atom. The first-order chi connectivity index (χ1) is 8.40. The van der Waals surface area contributed by atoms with E-state index in [2.05, 4.69) is 5.32 Å². The molecule has 0 aliphatic heterocycles. The molecule has 0 saturated carbocycles. The van der Waals surface area contributed by atoms with E-state index >= 15 is 0 Å². The maximum Gasteiger partial charge on any atom is 0.416 e. The third-order valence-electron chi connectivity index (χ3n) is 2.20. The van der Waals surface area contributed by atoms with Gasteiger partial charge in [-0.05, 0) is 25.1 Å². The molecule has 3 N–H and O–H groups in total. The molecule has 0 unspecified atom stereocenters. The Balaban J connectivity index is 3.19. The average Bonchev–Trinajstić information content (AvgIpc) is 2.28. The molecular formula is C11H13F3N2O2. The number of nitrogens with one attached hydrogen (secondary N) is 2. The number of carbonyl (C=O) groups excluding carboxylic acids is 1. The van der Waals surface area contributed by atoms with Crippen LogP contribution in [0.1, 0.15) is 22.8 Å². The van der Waals surface area contributed by atoms with Crippen LogP contribution < -0.4 is 10.6 Å². The molecule has 0 spiro atoms. The van der Waals surface area contributed by atoms with Gasteiger partial charge in [-0.1, -0.05) is 0 Å². The summed E-state index contributed by atoms with van der Waals surface area (Å²) < 4.78 is 37.6. The number of benzene rings is 1. The molecule has 7 heteroatoms. The number of aliphatic hydroxyl groups excluding tert-OH is 1. The van der Waals surface area contributed by atoms with Crippen molar-refractivity contribution in [2.75, 3.05) is 18.6 Å². The maximum atomic E-state index is 12.5. The molecule has 1 amide bonds. The van der Waals surface area contributed by atoms with Gasteiger partial charge in [0.2, 0.25) is 0 Å². The number of alkyl halides is 3. The smallest absolute Gasteiger partial charge is 0.385 e. The fourth-order valence-corrected chi connectivity index (χ4v) is 1.42. The third kappa shape index (κ3) is 3.36. The first kappa shape index (κ1) is 14.3. The molecule has 0 aliphatic rings. The molecule has 0 atom stereocenters. The highest BCUT2D eigenvalue weighted by molar-refractivity contribution is 5.99. The Morgan fingerprint density at radius 2 is 2.06 bits per heavy atom. The van der Waals surface area contributed by atoms with Crippen LogP contribution in [0.3, 0.4) is 0 Å². The molecule has 0 heterocycles. The van der Waals surface area contributed by atoms with Crippen LogP contribution >= 0.6 is 0 Å². The van der Waals surface area contributed by atoms with Crippen molar-refractivity contribution in [1.82, 2.24) is 5.32 Å². The van der Waals surface area contributed by atoms with E-state index in [1.165, 1.54) is 6.07 Å². The molecule has 4 nitrogen and oxygen atoms in total. The summed E-state index contributed by atoms with van der Waals surface area (Å²) in [5.74, 6) is -0.764. The van der Waals surface area contributed by atoms with Gasteiger partial charge in [0.25, 0.3) is 5.91 Å². The maximum absolute atomic E-state index is 12.5. The van der Waals surface area contributed by atoms with E-state index in [1.807, 2.05) is 5.32 Å². The van der Waals surface area contributed by atoms with Gasteiger partial charge in [-0.15, -0.1) is 0 Å². The highest BCUT2D eigenvalue weighted by Gasteiger charge is 2.31. The van der Waals surface area contributed by atoms with Gasteiger partial charge in [0, 0.05) is 12.2 Å². The summed E-state index contributed by atoms with van der Waals surface area (Å²) in [5, 5.41) is 13.4. The molecule has 0 fully saturated rings. The molecule has 0 aromatic heterocycles. The zero-order chi connectivity index (χ0) is 13.8. The van der Waals surface area contributed by atoms with Gasteiger partial charge in [-0.3, -0.25) is 4.79 Å². The summed E-state index contributed by atoms with van der Waals surface area (Å²) >= 11 is 0.